The fourth-order valence-electron chi connectivity index (χ4n) is 4.23. The minimum atomic E-state index is -0.654. The van der Waals surface area contributed by atoms with Crippen LogP contribution in [-0.2, 0) is 16.0 Å². The SMILES string of the molecule is O=C(NCC(=O)N1CCCCC1)c1cc(CC2=NNC(=O)C3CCCN=C23)ccc1F. The number of aliphatic imine (C=N–C) groups is 1. The summed E-state index contributed by atoms with van der Waals surface area (Å²) in [4.78, 5) is 43.0. The predicted molar refractivity (Wildman–Crippen MR) is 113 cm³/mol. The van der Waals surface area contributed by atoms with E-state index in [0.29, 0.717) is 43.0 Å². The Morgan fingerprint density at radius 3 is 2.81 bits per heavy atom. The molecule has 2 N–H and O–H groups in total. The van der Waals surface area contributed by atoms with E-state index in [9.17, 15) is 18.8 Å². The smallest absolute Gasteiger partial charge is 0.254 e. The van der Waals surface area contributed by atoms with Gasteiger partial charge in [-0.15, -0.1) is 0 Å². The van der Waals surface area contributed by atoms with Crippen LogP contribution in [0, 0.1) is 11.7 Å². The largest absolute Gasteiger partial charge is 0.343 e. The lowest BCUT2D eigenvalue weighted by Gasteiger charge is -2.27. The van der Waals surface area contributed by atoms with Crippen LogP contribution in [0.2, 0.25) is 0 Å². The molecule has 1 atom stereocenters. The van der Waals surface area contributed by atoms with Gasteiger partial charge in [0.25, 0.3) is 5.91 Å². The molecule has 1 aromatic carbocycles. The van der Waals surface area contributed by atoms with Crippen LogP contribution >= 0.6 is 0 Å². The van der Waals surface area contributed by atoms with Crippen LogP contribution in [-0.4, -0.2) is 60.2 Å². The summed E-state index contributed by atoms with van der Waals surface area (Å²) < 4.78 is 14.3. The van der Waals surface area contributed by atoms with Gasteiger partial charge >= 0.3 is 0 Å². The quantitative estimate of drug-likeness (QED) is 0.743. The normalized spacial score (nSPS) is 20.9. The molecule has 3 heterocycles. The number of piperidine rings is 1. The number of fused-ring (bicyclic) bond motifs is 1. The van der Waals surface area contributed by atoms with Crippen molar-refractivity contribution >= 4 is 29.1 Å². The Balaban J connectivity index is 1.43. The minimum absolute atomic E-state index is 0.119. The third-order valence-corrected chi connectivity index (χ3v) is 5.93. The lowest BCUT2D eigenvalue weighted by Crippen LogP contribution is -2.44. The average molecular weight is 427 g/mol. The molecule has 4 rings (SSSR count). The second kappa shape index (κ2) is 9.36. The van der Waals surface area contributed by atoms with Crippen molar-refractivity contribution in [3.05, 3.63) is 35.1 Å². The van der Waals surface area contributed by atoms with Crippen LogP contribution in [0.25, 0.3) is 0 Å². The standard InChI is InChI=1S/C22H26FN5O3/c23-17-7-6-14(12-18-20-15(5-4-8-24-20)22(31)27-26-18)11-16(17)21(30)25-13-19(29)28-9-2-1-3-10-28/h6-7,11,15H,1-5,8-10,12-13H2,(H,25,30)(H,27,31). The molecule has 164 valence electrons. The first-order valence-corrected chi connectivity index (χ1v) is 10.8. The summed E-state index contributed by atoms with van der Waals surface area (Å²) >= 11 is 0. The van der Waals surface area contributed by atoms with E-state index in [4.69, 9.17) is 0 Å². The number of nitrogens with zero attached hydrogens (tertiary/aromatic N) is 3. The lowest BCUT2D eigenvalue weighted by molar-refractivity contribution is -0.131. The van der Waals surface area contributed by atoms with Crippen LogP contribution < -0.4 is 10.7 Å². The van der Waals surface area contributed by atoms with Gasteiger partial charge in [-0.05, 0) is 49.8 Å². The van der Waals surface area contributed by atoms with Crippen LogP contribution in [0.1, 0.15) is 48.0 Å². The zero-order valence-electron chi connectivity index (χ0n) is 17.3. The topological polar surface area (TPSA) is 103 Å². The lowest BCUT2D eigenvalue weighted by atomic mass is 9.87. The van der Waals surface area contributed by atoms with Crippen molar-refractivity contribution in [1.82, 2.24) is 15.6 Å². The highest BCUT2D eigenvalue weighted by Gasteiger charge is 2.33. The molecule has 0 aliphatic carbocycles. The number of rotatable bonds is 5. The number of carbonyl (C=O) groups is 3. The van der Waals surface area contributed by atoms with Crippen molar-refractivity contribution in [2.75, 3.05) is 26.2 Å². The highest BCUT2D eigenvalue weighted by atomic mass is 19.1. The third-order valence-electron chi connectivity index (χ3n) is 5.93. The number of hydrogen-bond donors (Lipinski definition) is 2. The van der Waals surface area contributed by atoms with Crippen molar-refractivity contribution in [2.24, 2.45) is 16.0 Å². The Labute approximate surface area is 180 Å². The first-order valence-electron chi connectivity index (χ1n) is 10.8. The van der Waals surface area contributed by atoms with E-state index in [-0.39, 0.29) is 29.8 Å². The number of halogens is 1. The number of hydrogen-bond acceptors (Lipinski definition) is 5. The molecule has 0 spiro atoms. The maximum Gasteiger partial charge on any atom is 0.254 e. The molecule has 1 saturated heterocycles. The second-order valence-corrected chi connectivity index (χ2v) is 8.11. The molecule has 0 aromatic heterocycles. The monoisotopic (exact) mass is 427 g/mol. The summed E-state index contributed by atoms with van der Waals surface area (Å²) in [5, 5.41) is 6.68. The Kier molecular flexibility index (Phi) is 6.39. The molecule has 8 nitrogen and oxygen atoms in total. The van der Waals surface area contributed by atoms with Crippen molar-refractivity contribution in [3.63, 3.8) is 0 Å². The summed E-state index contributed by atoms with van der Waals surface area (Å²) in [5.41, 5.74) is 4.40. The van der Waals surface area contributed by atoms with Gasteiger partial charge in [-0.1, -0.05) is 6.07 Å². The molecular formula is C22H26FN5O3. The van der Waals surface area contributed by atoms with E-state index >= 15 is 0 Å². The van der Waals surface area contributed by atoms with Crippen molar-refractivity contribution in [2.45, 2.75) is 38.5 Å². The molecule has 1 fully saturated rings. The Morgan fingerprint density at radius 1 is 1.19 bits per heavy atom. The zero-order chi connectivity index (χ0) is 21.8. The van der Waals surface area contributed by atoms with Crippen LogP contribution in [0.15, 0.2) is 28.3 Å². The number of hydrazone groups is 1. The number of amides is 3. The summed E-state index contributed by atoms with van der Waals surface area (Å²) in [6.45, 7) is 1.89. The van der Waals surface area contributed by atoms with Crippen LogP contribution in [0.3, 0.4) is 0 Å². The average Bonchev–Trinajstić information content (AvgIpc) is 2.81. The van der Waals surface area contributed by atoms with Gasteiger partial charge in [-0.3, -0.25) is 19.4 Å². The molecule has 3 aliphatic heterocycles. The van der Waals surface area contributed by atoms with Gasteiger partial charge in [0.2, 0.25) is 11.8 Å². The van der Waals surface area contributed by atoms with Crippen molar-refractivity contribution in [3.8, 4) is 0 Å². The van der Waals surface area contributed by atoms with Gasteiger partial charge in [0.1, 0.15) is 5.82 Å². The molecule has 31 heavy (non-hydrogen) atoms. The maximum atomic E-state index is 14.3. The van der Waals surface area contributed by atoms with Gasteiger partial charge in [-0.25, -0.2) is 9.82 Å². The Hall–Kier alpha value is -3.10. The van der Waals surface area contributed by atoms with E-state index in [2.05, 4.69) is 20.8 Å². The molecule has 3 amide bonds. The number of benzene rings is 1. The maximum absolute atomic E-state index is 14.3. The number of nitrogens with one attached hydrogen (secondary N) is 2. The van der Waals surface area contributed by atoms with Gasteiger partial charge in [-0.2, -0.15) is 5.10 Å². The minimum Gasteiger partial charge on any atom is -0.343 e. The molecule has 0 bridgehead atoms. The van der Waals surface area contributed by atoms with Gasteiger partial charge in [0.05, 0.1) is 29.4 Å². The highest BCUT2D eigenvalue weighted by Crippen LogP contribution is 2.21. The summed E-state index contributed by atoms with van der Waals surface area (Å²) in [7, 11) is 0. The van der Waals surface area contributed by atoms with Crippen LogP contribution in [0.5, 0.6) is 0 Å². The first kappa shape index (κ1) is 21.1. The molecule has 0 saturated carbocycles. The molecule has 1 unspecified atom stereocenters. The predicted octanol–water partition coefficient (Wildman–Crippen LogP) is 1.45. The summed E-state index contributed by atoms with van der Waals surface area (Å²) in [6.07, 6.45) is 4.94. The molecule has 0 radical (unpaired) electrons. The highest BCUT2D eigenvalue weighted by molar-refractivity contribution is 6.47. The number of likely N-dealkylation sites (tertiary alicyclic amines) is 1. The molecule has 1 aromatic rings. The van der Waals surface area contributed by atoms with E-state index in [1.165, 1.54) is 12.1 Å². The zero-order valence-corrected chi connectivity index (χ0v) is 17.3. The Morgan fingerprint density at radius 2 is 2.00 bits per heavy atom. The molecule has 9 heteroatoms. The molecule has 3 aliphatic rings. The van der Waals surface area contributed by atoms with Crippen LogP contribution in [0.4, 0.5) is 4.39 Å². The van der Waals surface area contributed by atoms with Gasteiger partial charge in [0, 0.05) is 26.1 Å². The van der Waals surface area contributed by atoms with Gasteiger partial charge in [0.15, 0.2) is 0 Å². The third kappa shape index (κ3) is 4.81. The second-order valence-electron chi connectivity index (χ2n) is 8.11. The molecular weight excluding hydrogens is 401 g/mol. The fraction of sp³-hybridized carbons (Fsp3) is 0.500. The number of carbonyl (C=O) groups excluding carboxylic acids is 3. The van der Waals surface area contributed by atoms with Gasteiger partial charge < -0.3 is 10.2 Å². The fourth-order valence-corrected chi connectivity index (χ4v) is 4.23. The summed E-state index contributed by atoms with van der Waals surface area (Å²) in [5.74, 6) is -1.89. The van der Waals surface area contributed by atoms with E-state index in [1.807, 2.05) is 0 Å². The Bertz CT molecular complexity index is 952. The van der Waals surface area contributed by atoms with E-state index in [1.54, 1.807) is 11.0 Å². The van der Waals surface area contributed by atoms with Crippen molar-refractivity contribution in [1.29, 1.82) is 0 Å². The van der Waals surface area contributed by atoms with Crippen molar-refractivity contribution < 1.29 is 18.8 Å². The summed E-state index contributed by atoms with van der Waals surface area (Å²) in [6, 6.07) is 4.29. The first-order chi connectivity index (χ1) is 15.0. The van der Waals surface area contributed by atoms with E-state index < -0.39 is 11.7 Å². The van der Waals surface area contributed by atoms with E-state index in [0.717, 1.165) is 32.1 Å².